The average Bonchev–Trinajstić information content (AvgIpc) is 2.49. The van der Waals surface area contributed by atoms with Gasteiger partial charge in [-0.3, -0.25) is 9.59 Å². The maximum atomic E-state index is 11.9. The molecule has 2 aromatic rings. The number of nitrogens with two attached hydrogens (primary N) is 1. The van der Waals surface area contributed by atoms with Crippen LogP contribution in [0, 0.1) is 0 Å². The van der Waals surface area contributed by atoms with Gasteiger partial charge in [-0.15, -0.1) is 0 Å². The van der Waals surface area contributed by atoms with E-state index in [1.54, 1.807) is 24.3 Å². The fourth-order valence-electron chi connectivity index (χ4n) is 1.80. The number of benzene rings is 2. The number of carbonyl (C=O) groups is 2. The van der Waals surface area contributed by atoms with E-state index in [0.717, 1.165) is 0 Å². The second kappa shape index (κ2) is 7.55. The Balaban J connectivity index is 1.98. The molecule has 2 amide bonds. The van der Waals surface area contributed by atoms with Crippen LogP contribution in [0.15, 0.2) is 36.4 Å². The van der Waals surface area contributed by atoms with Crippen molar-refractivity contribution in [3.8, 4) is 0 Å². The molecule has 0 spiro atoms. The molecule has 120 valence electrons. The summed E-state index contributed by atoms with van der Waals surface area (Å²) in [5.41, 5.74) is 6.38. The maximum absolute atomic E-state index is 11.9. The second-order valence-corrected chi connectivity index (χ2v) is 5.75. The minimum Gasteiger partial charge on any atom is -0.376 e. The number of halogens is 3. The Kier molecular flexibility index (Phi) is 5.71. The van der Waals surface area contributed by atoms with Crippen molar-refractivity contribution in [2.24, 2.45) is 5.73 Å². The van der Waals surface area contributed by atoms with Crippen molar-refractivity contribution < 1.29 is 9.59 Å². The predicted molar refractivity (Wildman–Crippen MR) is 93.6 cm³/mol. The maximum Gasteiger partial charge on any atom is 0.250 e. The molecule has 0 heterocycles. The highest BCUT2D eigenvalue weighted by Gasteiger charge is 2.10. The Bertz CT molecular complexity index is 766. The van der Waals surface area contributed by atoms with Crippen molar-refractivity contribution in [1.29, 1.82) is 0 Å². The number of amides is 2. The molecule has 0 atom stereocenters. The second-order valence-electron chi connectivity index (χ2n) is 4.56. The summed E-state index contributed by atoms with van der Waals surface area (Å²) in [4.78, 5) is 23.0. The lowest BCUT2D eigenvalue weighted by Gasteiger charge is -2.10. The van der Waals surface area contributed by atoms with Crippen molar-refractivity contribution in [2.75, 3.05) is 17.2 Å². The van der Waals surface area contributed by atoms with Gasteiger partial charge in [0.2, 0.25) is 11.8 Å². The van der Waals surface area contributed by atoms with Gasteiger partial charge in [-0.1, -0.05) is 40.9 Å². The lowest BCUT2D eigenvalue weighted by Crippen LogP contribution is -2.22. The largest absolute Gasteiger partial charge is 0.376 e. The molecule has 0 saturated heterocycles. The smallest absolute Gasteiger partial charge is 0.250 e. The lowest BCUT2D eigenvalue weighted by molar-refractivity contribution is -0.114. The summed E-state index contributed by atoms with van der Waals surface area (Å²) in [7, 11) is 0. The van der Waals surface area contributed by atoms with Crippen molar-refractivity contribution in [3.63, 3.8) is 0 Å². The van der Waals surface area contributed by atoms with E-state index in [1.807, 2.05) is 0 Å². The van der Waals surface area contributed by atoms with E-state index >= 15 is 0 Å². The van der Waals surface area contributed by atoms with Crippen LogP contribution in [0.25, 0.3) is 0 Å². The summed E-state index contributed by atoms with van der Waals surface area (Å²) in [5.74, 6) is -0.931. The molecule has 0 aromatic heterocycles. The number of primary amides is 1. The number of rotatable bonds is 5. The Morgan fingerprint density at radius 1 is 1.04 bits per heavy atom. The molecular weight excluding hydrogens is 361 g/mol. The zero-order valence-corrected chi connectivity index (χ0v) is 14.0. The van der Waals surface area contributed by atoms with Gasteiger partial charge in [0.1, 0.15) is 0 Å². The molecular formula is C15H12Cl3N3O2. The minimum atomic E-state index is -0.616. The molecule has 2 rings (SSSR count). The molecule has 0 unspecified atom stereocenters. The van der Waals surface area contributed by atoms with Crippen LogP contribution in [0.5, 0.6) is 0 Å². The first-order valence-corrected chi connectivity index (χ1v) is 7.59. The first-order chi connectivity index (χ1) is 10.9. The number of carbonyl (C=O) groups excluding carboxylic acids is 2. The van der Waals surface area contributed by atoms with Gasteiger partial charge in [-0.05, 0) is 30.3 Å². The van der Waals surface area contributed by atoms with Crippen LogP contribution in [0.2, 0.25) is 15.1 Å². The standard InChI is InChI=1S/C15H12Cl3N3O2/c16-10-2-1-3-12(14(10)18)21-13(22)7-20-8-4-5-9(15(19)23)11(17)6-8/h1-6,20H,7H2,(H2,19,23)(H,21,22). The molecule has 8 heteroatoms. The third-order valence-corrected chi connectivity index (χ3v) is 4.04. The van der Waals surface area contributed by atoms with E-state index in [-0.39, 0.29) is 28.1 Å². The zero-order valence-electron chi connectivity index (χ0n) is 11.7. The Labute approximate surface area is 147 Å². The fraction of sp³-hybridized carbons (Fsp3) is 0.0667. The van der Waals surface area contributed by atoms with Gasteiger partial charge in [0.05, 0.1) is 32.9 Å². The van der Waals surface area contributed by atoms with Gasteiger partial charge in [-0.25, -0.2) is 0 Å². The van der Waals surface area contributed by atoms with E-state index in [4.69, 9.17) is 40.5 Å². The van der Waals surface area contributed by atoms with Crippen LogP contribution < -0.4 is 16.4 Å². The molecule has 0 aliphatic rings. The van der Waals surface area contributed by atoms with Crippen molar-refractivity contribution >= 4 is 58.0 Å². The third-order valence-electron chi connectivity index (χ3n) is 2.91. The topological polar surface area (TPSA) is 84.2 Å². The van der Waals surface area contributed by atoms with Gasteiger partial charge in [-0.2, -0.15) is 0 Å². The molecule has 0 aliphatic heterocycles. The van der Waals surface area contributed by atoms with Crippen LogP contribution >= 0.6 is 34.8 Å². The Morgan fingerprint density at radius 3 is 2.43 bits per heavy atom. The predicted octanol–water partition coefficient (Wildman–Crippen LogP) is 3.80. The normalized spacial score (nSPS) is 10.2. The van der Waals surface area contributed by atoms with Crippen molar-refractivity contribution in [2.45, 2.75) is 0 Å². The zero-order chi connectivity index (χ0) is 17.0. The monoisotopic (exact) mass is 371 g/mol. The Hall–Kier alpha value is -1.95. The molecule has 0 radical (unpaired) electrons. The molecule has 0 aliphatic carbocycles. The van der Waals surface area contributed by atoms with E-state index in [0.29, 0.717) is 16.4 Å². The fourth-order valence-corrected chi connectivity index (χ4v) is 2.42. The molecule has 0 saturated carbocycles. The number of hydrogen-bond acceptors (Lipinski definition) is 3. The van der Waals surface area contributed by atoms with Gasteiger partial charge >= 0.3 is 0 Å². The Morgan fingerprint density at radius 2 is 1.78 bits per heavy atom. The summed E-state index contributed by atoms with van der Waals surface area (Å²) in [6.07, 6.45) is 0. The van der Waals surface area contributed by atoms with Crippen LogP contribution in [-0.4, -0.2) is 18.4 Å². The number of hydrogen-bond donors (Lipinski definition) is 3. The van der Waals surface area contributed by atoms with Crippen molar-refractivity contribution in [3.05, 3.63) is 57.0 Å². The van der Waals surface area contributed by atoms with Crippen LogP contribution in [0.3, 0.4) is 0 Å². The number of nitrogens with one attached hydrogen (secondary N) is 2. The van der Waals surface area contributed by atoms with Gasteiger partial charge in [0.25, 0.3) is 0 Å². The molecule has 5 nitrogen and oxygen atoms in total. The van der Waals surface area contributed by atoms with Crippen molar-refractivity contribution in [1.82, 2.24) is 0 Å². The molecule has 0 bridgehead atoms. The molecule has 2 aromatic carbocycles. The summed E-state index contributed by atoms with van der Waals surface area (Å²) in [5, 5.41) is 6.36. The number of anilines is 2. The highest BCUT2D eigenvalue weighted by atomic mass is 35.5. The minimum absolute atomic E-state index is 0.0188. The first-order valence-electron chi connectivity index (χ1n) is 6.45. The lowest BCUT2D eigenvalue weighted by atomic mass is 10.2. The van der Waals surface area contributed by atoms with Crippen LogP contribution in [0.4, 0.5) is 11.4 Å². The van der Waals surface area contributed by atoms with E-state index in [1.165, 1.54) is 12.1 Å². The highest BCUT2D eigenvalue weighted by molar-refractivity contribution is 6.44. The van der Waals surface area contributed by atoms with E-state index in [2.05, 4.69) is 10.6 Å². The molecule has 4 N–H and O–H groups in total. The first kappa shape index (κ1) is 17.4. The van der Waals surface area contributed by atoms with Crippen LogP contribution in [-0.2, 0) is 4.79 Å². The average molecular weight is 373 g/mol. The third kappa shape index (κ3) is 4.51. The summed E-state index contributed by atoms with van der Waals surface area (Å²) < 4.78 is 0. The van der Waals surface area contributed by atoms with Gasteiger partial charge < -0.3 is 16.4 Å². The summed E-state index contributed by atoms with van der Waals surface area (Å²) >= 11 is 17.8. The highest BCUT2D eigenvalue weighted by Crippen LogP contribution is 2.29. The SMILES string of the molecule is NC(=O)c1ccc(NCC(=O)Nc2cccc(Cl)c2Cl)cc1Cl. The molecule has 0 fully saturated rings. The quantitative estimate of drug-likeness (QED) is 0.746. The van der Waals surface area contributed by atoms with Gasteiger partial charge in [0, 0.05) is 5.69 Å². The van der Waals surface area contributed by atoms with E-state index < -0.39 is 5.91 Å². The van der Waals surface area contributed by atoms with Crippen LogP contribution in [0.1, 0.15) is 10.4 Å². The summed E-state index contributed by atoms with van der Waals surface area (Å²) in [6.45, 7) is -0.0188. The molecule has 23 heavy (non-hydrogen) atoms. The van der Waals surface area contributed by atoms with E-state index in [9.17, 15) is 9.59 Å². The van der Waals surface area contributed by atoms with Gasteiger partial charge in [0.15, 0.2) is 0 Å². The summed E-state index contributed by atoms with van der Waals surface area (Å²) in [6, 6.07) is 9.55.